The monoisotopic (exact) mass is 396 g/mol. The average Bonchev–Trinajstić information content (AvgIpc) is 2.75. The highest BCUT2D eigenvalue weighted by atomic mass is 16.5. The topological polar surface area (TPSA) is 87.3 Å². The van der Waals surface area contributed by atoms with Gasteiger partial charge in [-0.15, -0.1) is 0 Å². The van der Waals surface area contributed by atoms with Crippen LogP contribution in [0.15, 0.2) is 29.1 Å². The predicted octanol–water partition coefficient (Wildman–Crippen LogP) is 2.30. The number of methoxy groups -OCH3 is 1. The number of carbonyl (C=O) groups excluding carboxylic acids is 1. The van der Waals surface area contributed by atoms with Crippen molar-refractivity contribution in [3.8, 4) is 5.75 Å². The minimum absolute atomic E-state index is 0.00990. The first-order valence-electron chi connectivity index (χ1n) is 10.4. The number of nitrogens with one attached hydrogen (secondary N) is 2. The summed E-state index contributed by atoms with van der Waals surface area (Å²) in [6.45, 7) is 1.42. The molecule has 1 aromatic heterocycles. The van der Waals surface area contributed by atoms with Crippen LogP contribution in [-0.2, 0) is 24.1 Å². The molecule has 1 amide bonds. The van der Waals surface area contributed by atoms with Crippen LogP contribution in [0.1, 0.15) is 42.5 Å². The van der Waals surface area contributed by atoms with Gasteiger partial charge in [-0.25, -0.2) is 4.98 Å². The third kappa shape index (κ3) is 4.60. The van der Waals surface area contributed by atoms with Crippen LogP contribution in [-0.4, -0.2) is 47.0 Å². The van der Waals surface area contributed by atoms with Gasteiger partial charge in [-0.05, 0) is 56.2 Å². The molecule has 0 radical (unpaired) electrons. The van der Waals surface area contributed by atoms with E-state index in [-0.39, 0.29) is 17.5 Å². The SMILES string of the molecule is COc1ccc(CC(=O)N2CCC(Nc3nc4c(c(=O)[nH]3)CCCC4)CC2)cc1. The number of aromatic amines is 1. The van der Waals surface area contributed by atoms with Crippen molar-refractivity contribution in [2.75, 3.05) is 25.5 Å². The van der Waals surface area contributed by atoms with Crippen molar-refractivity contribution < 1.29 is 9.53 Å². The lowest BCUT2D eigenvalue weighted by molar-refractivity contribution is -0.131. The second-order valence-electron chi connectivity index (χ2n) is 7.87. The summed E-state index contributed by atoms with van der Waals surface area (Å²) in [5.74, 6) is 1.51. The van der Waals surface area contributed by atoms with Crippen LogP contribution in [0.3, 0.4) is 0 Å². The lowest BCUT2D eigenvalue weighted by Gasteiger charge is -2.32. The molecule has 1 aliphatic heterocycles. The van der Waals surface area contributed by atoms with E-state index in [4.69, 9.17) is 4.74 Å². The molecular formula is C22H28N4O3. The minimum atomic E-state index is -0.00990. The summed E-state index contributed by atoms with van der Waals surface area (Å²) < 4.78 is 5.16. The van der Waals surface area contributed by atoms with Gasteiger partial charge in [-0.3, -0.25) is 14.6 Å². The summed E-state index contributed by atoms with van der Waals surface area (Å²) in [6, 6.07) is 7.84. The minimum Gasteiger partial charge on any atom is -0.497 e. The molecule has 4 rings (SSSR count). The van der Waals surface area contributed by atoms with Gasteiger partial charge in [-0.1, -0.05) is 12.1 Å². The van der Waals surface area contributed by atoms with Gasteiger partial charge in [-0.2, -0.15) is 0 Å². The highest BCUT2D eigenvalue weighted by molar-refractivity contribution is 5.79. The summed E-state index contributed by atoms with van der Waals surface area (Å²) in [5, 5.41) is 3.38. The average molecular weight is 396 g/mol. The zero-order chi connectivity index (χ0) is 20.2. The third-order valence-electron chi connectivity index (χ3n) is 5.89. The Bertz CT molecular complexity index is 915. The molecule has 1 aromatic carbocycles. The second-order valence-corrected chi connectivity index (χ2v) is 7.87. The molecule has 2 heterocycles. The largest absolute Gasteiger partial charge is 0.497 e. The van der Waals surface area contributed by atoms with E-state index in [2.05, 4.69) is 15.3 Å². The third-order valence-corrected chi connectivity index (χ3v) is 5.89. The van der Waals surface area contributed by atoms with Gasteiger partial charge < -0.3 is 15.0 Å². The molecule has 29 heavy (non-hydrogen) atoms. The number of likely N-dealkylation sites (tertiary alicyclic amines) is 1. The number of hydrogen-bond donors (Lipinski definition) is 2. The Morgan fingerprint density at radius 3 is 2.66 bits per heavy atom. The maximum absolute atomic E-state index is 12.6. The number of amides is 1. The van der Waals surface area contributed by atoms with Crippen molar-refractivity contribution in [2.24, 2.45) is 0 Å². The molecular weight excluding hydrogens is 368 g/mol. The highest BCUT2D eigenvalue weighted by Crippen LogP contribution is 2.19. The number of H-pyrrole nitrogens is 1. The van der Waals surface area contributed by atoms with Crippen LogP contribution in [0.4, 0.5) is 5.95 Å². The number of nitrogens with zero attached hydrogens (tertiary/aromatic N) is 2. The summed E-state index contributed by atoms with van der Waals surface area (Å²) in [5.41, 5.74) is 2.77. The molecule has 2 N–H and O–H groups in total. The van der Waals surface area contributed by atoms with Gasteiger partial charge in [0.15, 0.2) is 0 Å². The first-order valence-corrected chi connectivity index (χ1v) is 10.4. The molecule has 1 fully saturated rings. The highest BCUT2D eigenvalue weighted by Gasteiger charge is 2.24. The summed E-state index contributed by atoms with van der Waals surface area (Å²) in [7, 11) is 1.63. The smallest absolute Gasteiger partial charge is 0.255 e. The van der Waals surface area contributed by atoms with Crippen LogP contribution >= 0.6 is 0 Å². The van der Waals surface area contributed by atoms with Gasteiger partial charge in [0.05, 0.1) is 19.2 Å². The van der Waals surface area contributed by atoms with E-state index in [9.17, 15) is 9.59 Å². The molecule has 0 bridgehead atoms. The quantitative estimate of drug-likeness (QED) is 0.810. The Morgan fingerprint density at radius 1 is 1.21 bits per heavy atom. The number of hydrogen-bond acceptors (Lipinski definition) is 5. The molecule has 0 unspecified atom stereocenters. The Balaban J connectivity index is 1.30. The van der Waals surface area contributed by atoms with Crippen molar-refractivity contribution in [3.63, 3.8) is 0 Å². The molecule has 7 nitrogen and oxygen atoms in total. The molecule has 2 aromatic rings. The van der Waals surface area contributed by atoms with E-state index in [0.29, 0.717) is 25.5 Å². The van der Waals surface area contributed by atoms with Crippen LogP contribution in [0.2, 0.25) is 0 Å². The van der Waals surface area contributed by atoms with Crippen molar-refractivity contribution in [2.45, 2.75) is 51.0 Å². The molecule has 1 aliphatic carbocycles. The molecule has 1 saturated heterocycles. The maximum Gasteiger partial charge on any atom is 0.255 e. The lowest BCUT2D eigenvalue weighted by Crippen LogP contribution is -2.43. The van der Waals surface area contributed by atoms with Crippen molar-refractivity contribution in [1.29, 1.82) is 0 Å². The summed E-state index contributed by atoms with van der Waals surface area (Å²) >= 11 is 0. The first-order chi connectivity index (χ1) is 14.1. The number of rotatable bonds is 5. The predicted molar refractivity (Wildman–Crippen MR) is 111 cm³/mol. The molecule has 2 aliphatic rings. The summed E-state index contributed by atoms with van der Waals surface area (Å²) in [6.07, 6.45) is 5.95. The van der Waals surface area contributed by atoms with Crippen LogP contribution < -0.4 is 15.6 Å². The zero-order valence-corrected chi connectivity index (χ0v) is 16.9. The van der Waals surface area contributed by atoms with Gasteiger partial charge >= 0.3 is 0 Å². The molecule has 0 saturated carbocycles. The maximum atomic E-state index is 12.6. The van der Waals surface area contributed by atoms with Gasteiger partial charge in [0.1, 0.15) is 5.75 Å². The number of anilines is 1. The Labute approximate surface area is 170 Å². The lowest BCUT2D eigenvalue weighted by atomic mass is 9.97. The van der Waals surface area contributed by atoms with E-state index in [1.807, 2.05) is 29.2 Å². The number of fused-ring (bicyclic) bond motifs is 1. The zero-order valence-electron chi connectivity index (χ0n) is 16.9. The van der Waals surface area contributed by atoms with E-state index < -0.39 is 0 Å². The van der Waals surface area contributed by atoms with Crippen LogP contribution in [0, 0.1) is 0 Å². The van der Waals surface area contributed by atoms with Gasteiger partial charge in [0, 0.05) is 24.7 Å². The van der Waals surface area contributed by atoms with Crippen molar-refractivity contribution in [3.05, 3.63) is 51.4 Å². The molecule has 7 heteroatoms. The van der Waals surface area contributed by atoms with E-state index >= 15 is 0 Å². The fourth-order valence-electron chi connectivity index (χ4n) is 4.17. The normalized spacial score (nSPS) is 16.9. The fraction of sp³-hybridized carbons (Fsp3) is 0.500. The van der Waals surface area contributed by atoms with E-state index in [1.165, 1.54) is 0 Å². The number of aryl methyl sites for hydroxylation is 1. The number of carbonyl (C=O) groups is 1. The van der Waals surface area contributed by atoms with Crippen molar-refractivity contribution >= 4 is 11.9 Å². The number of piperidine rings is 1. The molecule has 0 atom stereocenters. The van der Waals surface area contributed by atoms with Crippen LogP contribution in [0.25, 0.3) is 0 Å². The Hall–Kier alpha value is -2.83. The van der Waals surface area contributed by atoms with Crippen LogP contribution in [0.5, 0.6) is 5.75 Å². The first kappa shape index (κ1) is 19.5. The summed E-state index contributed by atoms with van der Waals surface area (Å²) in [4.78, 5) is 34.3. The number of ether oxygens (including phenoxy) is 1. The van der Waals surface area contributed by atoms with Gasteiger partial charge in [0.2, 0.25) is 11.9 Å². The Kier molecular flexibility index (Phi) is 5.83. The number of benzene rings is 1. The second kappa shape index (κ2) is 8.68. The van der Waals surface area contributed by atoms with E-state index in [0.717, 1.165) is 61.1 Å². The fourth-order valence-corrected chi connectivity index (χ4v) is 4.17. The van der Waals surface area contributed by atoms with Crippen molar-refractivity contribution in [1.82, 2.24) is 14.9 Å². The van der Waals surface area contributed by atoms with E-state index in [1.54, 1.807) is 7.11 Å². The van der Waals surface area contributed by atoms with Gasteiger partial charge in [0.25, 0.3) is 5.56 Å². The molecule has 154 valence electrons. The standard InChI is InChI=1S/C22H28N4O3/c1-29-17-8-6-15(7-9-17)14-20(27)26-12-10-16(11-13-26)23-22-24-19-5-3-2-4-18(19)21(28)25-22/h6-9,16H,2-5,10-14H2,1H3,(H2,23,24,25,28). The molecule has 0 spiro atoms. The Morgan fingerprint density at radius 2 is 1.93 bits per heavy atom. The number of aromatic nitrogens is 2.